The van der Waals surface area contributed by atoms with Gasteiger partial charge in [-0.1, -0.05) is 12.1 Å². The van der Waals surface area contributed by atoms with Crippen LogP contribution in [-0.4, -0.2) is 18.1 Å². The third-order valence-corrected chi connectivity index (χ3v) is 3.05. The highest BCUT2D eigenvalue weighted by molar-refractivity contribution is 5.80. The summed E-state index contributed by atoms with van der Waals surface area (Å²) in [5.41, 5.74) is 1.58. The molecule has 0 radical (unpaired) electrons. The van der Waals surface area contributed by atoms with Crippen LogP contribution < -0.4 is 0 Å². The smallest absolute Gasteiger partial charge is 0.311 e. The van der Waals surface area contributed by atoms with Crippen molar-refractivity contribution in [1.29, 1.82) is 0 Å². The minimum Gasteiger partial charge on any atom is -0.469 e. The Morgan fingerprint density at radius 1 is 1.33 bits per heavy atom. The van der Waals surface area contributed by atoms with Crippen LogP contribution in [0.25, 0.3) is 10.9 Å². The number of hydrogen-bond donors (Lipinski definition) is 0. The topological polar surface area (TPSA) is 39.2 Å². The summed E-state index contributed by atoms with van der Waals surface area (Å²) in [7, 11) is 1.42. The fraction of sp³-hybridized carbons (Fsp3) is 0.333. The number of pyridine rings is 1. The molecule has 0 aliphatic rings. The largest absolute Gasteiger partial charge is 0.469 e. The minimum absolute atomic E-state index is 0.186. The molecule has 1 aromatic heterocycles. The fourth-order valence-corrected chi connectivity index (χ4v) is 2.09. The molecule has 0 spiro atoms. The average molecular weight is 243 g/mol. The first kappa shape index (κ1) is 12.6. The molecular formula is C15H17NO2. The quantitative estimate of drug-likeness (QED) is 0.778. The van der Waals surface area contributed by atoms with E-state index in [1.54, 1.807) is 6.20 Å². The van der Waals surface area contributed by atoms with Crippen molar-refractivity contribution in [1.82, 2.24) is 4.98 Å². The van der Waals surface area contributed by atoms with Crippen molar-refractivity contribution in [2.45, 2.75) is 20.3 Å². The predicted molar refractivity (Wildman–Crippen MR) is 71.2 cm³/mol. The van der Waals surface area contributed by atoms with E-state index in [1.165, 1.54) is 7.11 Å². The molecule has 0 N–H and O–H groups in total. The first-order chi connectivity index (χ1) is 8.53. The molecule has 0 aliphatic heterocycles. The zero-order valence-electron chi connectivity index (χ0n) is 10.9. The maximum absolute atomic E-state index is 11.7. The molecule has 3 heteroatoms. The minimum atomic E-state index is -0.509. The molecule has 1 heterocycles. The molecule has 2 aromatic rings. The van der Waals surface area contributed by atoms with Gasteiger partial charge in [0.05, 0.1) is 18.0 Å². The zero-order chi connectivity index (χ0) is 13.2. The highest BCUT2D eigenvalue weighted by atomic mass is 16.5. The Kier molecular flexibility index (Phi) is 3.32. The fourth-order valence-electron chi connectivity index (χ4n) is 2.09. The van der Waals surface area contributed by atoms with Gasteiger partial charge in [0.15, 0.2) is 0 Å². The van der Waals surface area contributed by atoms with E-state index < -0.39 is 5.41 Å². The van der Waals surface area contributed by atoms with Crippen LogP contribution in [0.15, 0.2) is 36.5 Å². The summed E-state index contributed by atoms with van der Waals surface area (Å²) in [5.74, 6) is -0.186. The van der Waals surface area contributed by atoms with Crippen LogP contribution in [0.4, 0.5) is 0 Å². The van der Waals surface area contributed by atoms with E-state index in [0.29, 0.717) is 6.42 Å². The zero-order valence-corrected chi connectivity index (χ0v) is 10.9. The number of esters is 1. The number of nitrogens with zero attached hydrogens (tertiary/aromatic N) is 1. The Bertz CT molecular complexity index is 575. The summed E-state index contributed by atoms with van der Waals surface area (Å²) in [6.07, 6.45) is 2.44. The van der Waals surface area contributed by atoms with Crippen LogP contribution in [0, 0.1) is 5.41 Å². The molecule has 0 aliphatic carbocycles. The van der Waals surface area contributed by atoms with Crippen LogP contribution in [0.1, 0.15) is 19.4 Å². The average Bonchev–Trinajstić information content (AvgIpc) is 2.37. The van der Waals surface area contributed by atoms with Gasteiger partial charge in [-0.05, 0) is 44.0 Å². The number of hydrogen-bond acceptors (Lipinski definition) is 3. The van der Waals surface area contributed by atoms with Crippen molar-refractivity contribution in [3.05, 3.63) is 42.1 Å². The van der Waals surface area contributed by atoms with Crippen molar-refractivity contribution >= 4 is 16.9 Å². The number of carbonyl (C=O) groups excluding carboxylic acids is 1. The molecule has 1 aromatic carbocycles. The normalized spacial score (nSPS) is 11.5. The molecule has 0 bridgehead atoms. The first-order valence-electron chi connectivity index (χ1n) is 5.95. The molecule has 0 atom stereocenters. The number of fused-ring (bicyclic) bond motifs is 1. The summed E-state index contributed by atoms with van der Waals surface area (Å²) in [6.45, 7) is 3.79. The van der Waals surface area contributed by atoms with E-state index in [9.17, 15) is 4.79 Å². The number of benzene rings is 1. The number of rotatable bonds is 3. The first-order valence-corrected chi connectivity index (χ1v) is 5.95. The van der Waals surface area contributed by atoms with Crippen molar-refractivity contribution in [2.75, 3.05) is 7.11 Å². The standard InChI is InChI=1S/C15H17NO2/c1-15(2,14(17)18-3)10-11-6-7-13-12(9-11)5-4-8-16-13/h4-9H,10H2,1-3H3. The third kappa shape index (κ3) is 2.50. The lowest BCUT2D eigenvalue weighted by molar-refractivity contribution is -0.150. The maximum Gasteiger partial charge on any atom is 0.311 e. The maximum atomic E-state index is 11.7. The molecule has 0 fully saturated rings. The number of aromatic nitrogens is 1. The molecule has 2 rings (SSSR count). The van der Waals surface area contributed by atoms with Gasteiger partial charge in [0.25, 0.3) is 0 Å². The lowest BCUT2D eigenvalue weighted by atomic mass is 9.85. The van der Waals surface area contributed by atoms with E-state index in [1.807, 2.05) is 38.1 Å². The molecule has 94 valence electrons. The van der Waals surface area contributed by atoms with Crippen LogP contribution in [0.3, 0.4) is 0 Å². The molecule has 0 saturated heterocycles. The van der Waals surface area contributed by atoms with E-state index in [-0.39, 0.29) is 5.97 Å². The van der Waals surface area contributed by atoms with Gasteiger partial charge in [0.1, 0.15) is 0 Å². The number of carbonyl (C=O) groups is 1. The highest BCUT2D eigenvalue weighted by Crippen LogP contribution is 2.25. The van der Waals surface area contributed by atoms with Crippen molar-refractivity contribution < 1.29 is 9.53 Å². The SMILES string of the molecule is COC(=O)C(C)(C)Cc1ccc2ncccc2c1. The van der Waals surface area contributed by atoms with E-state index in [0.717, 1.165) is 16.5 Å². The monoisotopic (exact) mass is 243 g/mol. The number of ether oxygens (including phenoxy) is 1. The molecule has 3 nitrogen and oxygen atoms in total. The summed E-state index contributed by atoms with van der Waals surface area (Å²) < 4.78 is 4.82. The Morgan fingerprint density at radius 3 is 2.83 bits per heavy atom. The Labute approximate surface area is 107 Å². The predicted octanol–water partition coefficient (Wildman–Crippen LogP) is 2.98. The Balaban J connectivity index is 2.29. The second-order valence-electron chi connectivity index (χ2n) is 5.08. The highest BCUT2D eigenvalue weighted by Gasteiger charge is 2.28. The van der Waals surface area contributed by atoms with Gasteiger partial charge < -0.3 is 4.74 Å². The van der Waals surface area contributed by atoms with Gasteiger partial charge in [-0.3, -0.25) is 9.78 Å². The molecule has 0 unspecified atom stereocenters. The van der Waals surface area contributed by atoms with Gasteiger partial charge in [-0.25, -0.2) is 0 Å². The van der Waals surface area contributed by atoms with Gasteiger partial charge in [0, 0.05) is 11.6 Å². The lowest BCUT2D eigenvalue weighted by Crippen LogP contribution is -2.27. The molecule has 0 saturated carbocycles. The molecular weight excluding hydrogens is 226 g/mol. The van der Waals surface area contributed by atoms with E-state index in [2.05, 4.69) is 11.1 Å². The van der Waals surface area contributed by atoms with E-state index >= 15 is 0 Å². The second kappa shape index (κ2) is 4.77. The molecule has 18 heavy (non-hydrogen) atoms. The van der Waals surface area contributed by atoms with Crippen LogP contribution >= 0.6 is 0 Å². The Hall–Kier alpha value is -1.90. The van der Waals surface area contributed by atoms with Crippen molar-refractivity contribution in [2.24, 2.45) is 5.41 Å². The summed E-state index contributed by atoms with van der Waals surface area (Å²) in [5, 5.41) is 1.09. The van der Waals surface area contributed by atoms with Gasteiger partial charge in [0.2, 0.25) is 0 Å². The summed E-state index contributed by atoms with van der Waals surface area (Å²) in [6, 6.07) is 10.0. The van der Waals surface area contributed by atoms with Crippen molar-refractivity contribution in [3.8, 4) is 0 Å². The van der Waals surface area contributed by atoms with Crippen LogP contribution in [-0.2, 0) is 16.0 Å². The van der Waals surface area contributed by atoms with Gasteiger partial charge in [-0.15, -0.1) is 0 Å². The second-order valence-corrected chi connectivity index (χ2v) is 5.08. The van der Waals surface area contributed by atoms with Gasteiger partial charge in [-0.2, -0.15) is 0 Å². The lowest BCUT2D eigenvalue weighted by Gasteiger charge is -2.21. The van der Waals surface area contributed by atoms with Crippen LogP contribution in [0.5, 0.6) is 0 Å². The van der Waals surface area contributed by atoms with Gasteiger partial charge >= 0.3 is 5.97 Å². The summed E-state index contributed by atoms with van der Waals surface area (Å²) >= 11 is 0. The van der Waals surface area contributed by atoms with Crippen LogP contribution in [0.2, 0.25) is 0 Å². The number of methoxy groups -OCH3 is 1. The molecule has 0 amide bonds. The van der Waals surface area contributed by atoms with Crippen molar-refractivity contribution in [3.63, 3.8) is 0 Å². The summed E-state index contributed by atoms with van der Waals surface area (Å²) in [4.78, 5) is 15.9. The van der Waals surface area contributed by atoms with E-state index in [4.69, 9.17) is 4.74 Å². The third-order valence-electron chi connectivity index (χ3n) is 3.05. The Morgan fingerprint density at radius 2 is 2.11 bits per heavy atom.